The summed E-state index contributed by atoms with van der Waals surface area (Å²) in [6.07, 6.45) is 4.22. The van der Waals surface area contributed by atoms with Crippen molar-refractivity contribution in [3.8, 4) is 0 Å². The molecule has 3 fully saturated rings. The molecule has 4 rings (SSSR count). The summed E-state index contributed by atoms with van der Waals surface area (Å²) in [5.74, 6) is -1.98. The molecule has 0 radical (unpaired) electrons. The number of alkyl halides is 1. The summed E-state index contributed by atoms with van der Waals surface area (Å²) in [7, 11) is 0. The van der Waals surface area contributed by atoms with Gasteiger partial charge in [0.15, 0.2) is 0 Å². The molecule has 1 N–H and O–H groups in total. The van der Waals surface area contributed by atoms with Gasteiger partial charge in [-0.3, -0.25) is 19.3 Å². The molecule has 0 aromatic heterocycles. The number of β-lactam (4-membered cyclic amide) rings is 1. The van der Waals surface area contributed by atoms with Crippen LogP contribution in [0, 0.1) is 0 Å². The first-order valence-electron chi connectivity index (χ1n) is 8.68. The number of carboxylic acids is 1. The maximum Gasteiger partial charge on any atom is 1.00 e. The van der Waals surface area contributed by atoms with Gasteiger partial charge in [-0.25, -0.2) is 0 Å². The summed E-state index contributed by atoms with van der Waals surface area (Å²) < 4.78 is 0. The number of aliphatic carboxylic acids is 1. The summed E-state index contributed by atoms with van der Waals surface area (Å²) in [4.78, 5) is 51.2. The molecule has 2 atom stereocenters. The molecule has 28 heavy (non-hydrogen) atoms. The van der Waals surface area contributed by atoms with Gasteiger partial charge in [-0.1, -0.05) is 15.9 Å². The zero-order chi connectivity index (χ0) is 19.3. The van der Waals surface area contributed by atoms with Gasteiger partial charge < -0.3 is 20.1 Å². The van der Waals surface area contributed by atoms with E-state index in [1.54, 1.807) is 6.08 Å². The minimum absolute atomic E-state index is 0. The monoisotopic (exact) mass is 477 g/mol. The second-order valence-electron chi connectivity index (χ2n) is 6.90. The molecule has 3 amide bonds. The molecule has 0 unspecified atom stereocenters. The molecule has 3 aliphatic heterocycles. The van der Waals surface area contributed by atoms with Crippen LogP contribution in [0.3, 0.4) is 0 Å². The van der Waals surface area contributed by atoms with Gasteiger partial charge in [0.2, 0.25) is 11.8 Å². The molecule has 0 spiro atoms. The number of fused-ring (bicyclic) bond motifs is 1. The van der Waals surface area contributed by atoms with Gasteiger partial charge in [-0.2, -0.15) is 0 Å². The van der Waals surface area contributed by atoms with Crippen LogP contribution in [0.4, 0.5) is 0 Å². The molecule has 4 aliphatic rings. The van der Waals surface area contributed by atoms with E-state index in [4.69, 9.17) is 0 Å². The van der Waals surface area contributed by atoms with Crippen LogP contribution in [0.2, 0.25) is 0 Å². The van der Waals surface area contributed by atoms with Crippen molar-refractivity contribution in [1.29, 1.82) is 0 Å². The standard InChI is InChI=1S/C17H18BrN3O5S.Na/c18-6-11(22)19-12-15(24)21-13(17(25)26)9(7-27-16(12)21)5-8-3-4-20(14(8)23)10-1-2-10;/h5,10,12,16H,1-4,6-7H2,(H,19,22)(H,25,26);/q;+1/p-1/b8-5+;/t12-,16-;/m1./s1. The van der Waals surface area contributed by atoms with Crippen LogP contribution < -0.4 is 40.0 Å². The zero-order valence-electron chi connectivity index (χ0n) is 15.3. The zero-order valence-corrected chi connectivity index (χ0v) is 19.7. The second kappa shape index (κ2) is 8.51. The summed E-state index contributed by atoms with van der Waals surface area (Å²) >= 11 is 4.39. The molecule has 2 saturated heterocycles. The molecule has 0 aromatic carbocycles. The van der Waals surface area contributed by atoms with Crippen molar-refractivity contribution < 1.29 is 53.8 Å². The van der Waals surface area contributed by atoms with Gasteiger partial charge in [0.25, 0.3) is 5.91 Å². The second-order valence-corrected chi connectivity index (χ2v) is 8.56. The number of rotatable bonds is 5. The van der Waals surface area contributed by atoms with Crippen LogP contribution in [0.15, 0.2) is 22.9 Å². The summed E-state index contributed by atoms with van der Waals surface area (Å²) in [5.41, 5.74) is 0.793. The van der Waals surface area contributed by atoms with E-state index in [1.165, 1.54) is 11.8 Å². The van der Waals surface area contributed by atoms with Crippen LogP contribution in [0.25, 0.3) is 0 Å². The topological polar surface area (TPSA) is 110 Å². The third-order valence-electron chi connectivity index (χ3n) is 5.12. The van der Waals surface area contributed by atoms with E-state index in [9.17, 15) is 24.3 Å². The molecular weight excluding hydrogens is 461 g/mol. The molecule has 0 aromatic rings. The van der Waals surface area contributed by atoms with E-state index in [0.717, 1.165) is 17.7 Å². The number of hydrogen-bond acceptors (Lipinski definition) is 6. The number of carbonyl (C=O) groups excluding carboxylic acids is 4. The van der Waals surface area contributed by atoms with E-state index < -0.39 is 23.3 Å². The van der Waals surface area contributed by atoms with Crippen LogP contribution in [-0.2, 0) is 19.2 Å². The van der Waals surface area contributed by atoms with E-state index in [1.807, 2.05) is 4.90 Å². The summed E-state index contributed by atoms with van der Waals surface area (Å²) in [6.45, 7) is 0.655. The molecule has 144 valence electrons. The Hall–Kier alpha value is -0.810. The van der Waals surface area contributed by atoms with Crippen LogP contribution in [-0.4, -0.2) is 68.6 Å². The normalized spacial score (nSPS) is 28.1. The SMILES string of the molecule is O=C(CBr)N[C@@H]1C(=O)N2C(C(=O)[O-])=C(/C=C3\CCN(C4CC4)C3=O)CS[C@H]12.[Na+]. The van der Waals surface area contributed by atoms with Crippen molar-refractivity contribution in [3.63, 3.8) is 0 Å². The van der Waals surface area contributed by atoms with Crippen molar-refractivity contribution in [1.82, 2.24) is 15.1 Å². The number of hydrogen-bond donors (Lipinski definition) is 1. The van der Waals surface area contributed by atoms with Gasteiger partial charge in [0, 0.05) is 23.9 Å². The van der Waals surface area contributed by atoms with Gasteiger partial charge in [0.1, 0.15) is 11.4 Å². The fourth-order valence-electron chi connectivity index (χ4n) is 3.67. The molecule has 3 heterocycles. The quantitative estimate of drug-likeness (QED) is 0.187. The predicted octanol–water partition coefficient (Wildman–Crippen LogP) is -3.89. The molecule has 1 saturated carbocycles. The van der Waals surface area contributed by atoms with Gasteiger partial charge in [-0.15, -0.1) is 11.8 Å². The number of carbonyl (C=O) groups is 4. The number of halogens is 1. The average Bonchev–Trinajstić information content (AvgIpc) is 3.43. The van der Waals surface area contributed by atoms with E-state index in [0.29, 0.717) is 35.9 Å². The Kier molecular flexibility index (Phi) is 6.65. The van der Waals surface area contributed by atoms with Crippen LogP contribution >= 0.6 is 27.7 Å². The predicted molar refractivity (Wildman–Crippen MR) is 98.3 cm³/mol. The molecule has 1 aliphatic carbocycles. The number of amides is 3. The molecule has 0 bridgehead atoms. The van der Waals surface area contributed by atoms with Crippen molar-refractivity contribution >= 4 is 51.4 Å². The smallest absolute Gasteiger partial charge is 0.543 e. The fourth-order valence-corrected chi connectivity index (χ4v) is 5.14. The number of thioether (sulfide) groups is 1. The van der Waals surface area contributed by atoms with Crippen molar-refractivity contribution in [2.75, 3.05) is 17.6 Å². The Morgan fingerprint density at radius 3 is 2.64 bits per heavy atom. The first-order chi connectivity index (χ1) is 12.9. The molecule has 8 nitrogen and oxygen atoms in total. The Morgan fingerprint density at radius 2 is 2.04 bits per heavy atom. The molecule has 11 heteroatoms. The third-order valence-corrected chi connectivity index (χ3v) is 6.93. The molecular formula is C17H17BrN3NaO5S. The number of nitrogens with zero attached hydrogens (tertiary/aromatic N) is 2. The van der Waals surface area contributed by atoms with Crippen molar-refractivity contribution in [3.05, 3.63) is 22.9 Å². The van der Waals surface area contributed by atoms with Gasteiger partial charge in [0.05, 0.1) is 17.0 Å². The maximum absolute atomic E-state index is 12.5. The largest absolute Gasteiger partial charge is 1.00 e. The summed E-state index contributed by atoms with van der Waals surface area (Å²) in [5, 5.41) is 13.9. The third kappa shape index (κ3) is 3.81. The number of carboxylic acid groups (broad SMARTS) is 1. The van der Waals surface area contributed by atoms with Crippen molar-refractivity contribution in [2.45, 2.75) is 36.7 Å². The van der Waals surface area contributed by atoms with Gasteiger partial charge in [-0.05, 0) is 30.9 Å². The fraction of sp³-hybridized carbons (Fsp3) is 0.529. The van der Waals surface area contributed by atoms with E-state index >= 15 is 0 Å². The first kappa shape index (κ1) is 21.9. The average molecular weight is 478 g/mol. The minimum Gasteiger partial charge on any atom is -0.543 e. The van der Waals surface area contributed by atoms with Crippen LogP contribution in [0.5, 0.6) is 0 Å². The van der Waals surface area contributed by atoms with E-state index in [-0.39, 0.29) is 52.4 Å². The Labute approximate surface area is 196 Å². The Bertz CT molecular complexity index is 813. The van der Waals surface area contributed by atoms with Gasteiger partial charge >= 0.3 is 29.6 Å². The summed E-state index contributed by atoms with van der Waals surface area (Å²) in [6, 6.07) is -0.430. The number of nitrogens with one attached hydrogen (secondary N) is 1. The number of likely N-dealkylation sites (tertiary alicyclic amines) is 1. The van der Waals surface area contributed by atoms with E-state index in [2.05, 4.69) is 21.2 Å². The Morgan fingerprint density at radius 1 is 1.32 bits per heavy atom. The van der Waals surface area contributed by atoms with Crippen molar-refractivity contribution in [2.24, 2.45) is 0 Å². The Balaban J connectivity index is 0.00000225. The maximum atomic E-state index is 12.5. The first-order valence-corrected chi connectivity index (χ1v) is 10.9. The minimum atomic E-state index is -1.45. The van der Waals surface area contributed by atoms with Crippen LogP contribution in [0.1, 0.15) is 19.3 Å². The number of allylic oxidation sites excluding steroid dienone is 1.